The SMILES string of the molecule is C=C(Nc1cc2cc(-c3cnn(C)c3)ccc2cn1)OC(C)(C)C. The summed E-state index contributed by atoms with van der Waals surface area (Å²) >= 11 is 0. The molecule has 2 aromatic heterocycles. The van der Waals surface area contributed by atoms with E-state index in [4.69, 9.17) is 4.74 Å². The number of rotatable bonds is 4. The fourth-order valence-corrected chi connectivity index (χ4v) is 2.50. The van der Waals surface area contributed by atoms with Gasteiger partial charge in [-0.1, -0.05) is 12.1 Å². The Morgan fingerprint density at radius 3 is 2.58 bits per heavy atom. The molecule has 3 rings (SSSR count). The minimum Gasteiger partial charge on any atom is -0.474 e. The Balaban J connectivity index is 1.88. The number of benzene rings is 1. The highest BCUT2D eigenvalue weighted by Crippen LogP contribution is 2.25. The van der Waals surface area contributed by atoms with Crippen LogP contribution in [0.2, 0.25) is 0 Å². The number of hydrogen-bond acceptors (Lipinski definition) is 4. The van der Waals surface area contributed by atoms with Crippen molar-refractivity contribution in [3.05, 3.63) is 55.3 Å². The van der Waals surface area contributed by atoms with Crippen LogP contribution in [0.25, 0.3) is 21.9 Å². The van der Waals surface area contributed by atoms with Crippen molar-refractivity contribution in [1.29, 1.82) is 0 Å². The maximum absolute atomic E-state index is 5.69. The third-order valence-electron chi connectivity index (χ3n) is 3.46. The van der Waals surface area contributed by atoms with Crippen molar-refractivity contribution in [3.63, 3.8) is 0 Å². The molecule has 0 aliphatic heterocycles. The van der Waals surface area contributed by atoms with Gasteiger partial charge in [0.15, 0.2) is 5.88 Å². The Labute approximate surface area is 142 Å². The summed E-state index contributed by atoms with van der Waals surface area (Å²) in [5, 5.41) is 9.51. The number of aromatic nitrogens is 3. The van der Waals surface area contributed by atoms with Crippen molar-refractivity contribution in [2.45, 2.75) is 26.4 Å². The van der Waals surface area contributed by atoms with E-state index in [9.17, 15) is 0 Å². The average Bonchev–Trinajstić information content (AvgIpc) is 2.91. The van der Waals surface area contributed by atoms with Gasteiger partial charge < -0.3 is 10.1 Å². The minimum atomic E-state index is -0.297. The van der Waals surface area contributed by atoms with E-state index in [1.807, 2.05) is 52.5 Å². The molecule has 0 aliphatic carbocycles. The van der Waals surface area contributed by atoms with Crippen LogP contribution in [0, 0.1) is 0 Å². The van der Waals surface area contributed by atoms with E-state index in [0.717, 1.165) is 21.9 Å². The third kappa shape index (κ3) is 3.74. The Kier molecular flexibility index (Phi) is 4.01. The van der Waals surface area contributed by atoms with E-state index >= 15 is 0 Å². The van der Waals surface area contributed by atoms with Crippen LogP contribution in [0.5, 0.6) is 0 Å². The van der Waals surface area contributed by atoms with Gasteiger partial charge in [-0.3, -0.25) is 4.68 Å². The Morgan fingerprint density at radius 2 is 1.92 bits per heavy atom. The summed E-state index contributed by atoms with van der Waals surface area (Å²) in [6.07, 6.45) is 5.70. The van der Waals surface area contributed by atoms with Gasteiger partial charge in [0.2, 0.25) is 0 Å². The van der Waals surface area contributed by atoms with Crippen molar-refractivity contribution in [1.82, 2.24) is 14.8 Å². The first-order valence-electron chi connectivity index (χ1n) is 7.84. The molecular formula is C19H22N4O. The van der Waals surface area contributed by atoms with Crippen molar-refractivity contribution in [3.8, 4) is 11.1 Å². The summed E-state index contributed by atoms with van der Waals surface area (Å²) in [6.45, 7) is 9.84. The molecular weight excluding hydrogens is 300 g/mol. The maximum Gasteiger partial charge on any atom is 0.185 e. The van der Waals surface area contributed by atoms with Crippen LogP contribution >= 0.6 is 0 Å². The summed E-state index contributed by atoms with van der Waals surface area (Å²) in [7, 11) is 1.91. The van der Waals surface area contributed by atoms with Gasteiger partial charge in [-0.05, 0) is 50.4 Å². The molecule has 1 aromatic carbocycles. The first kappa shape index (κ1) is 16.1. The van der Waals surface area contributed by atoms with Crippen LogP contribution in [0.15, 0.2) is 55.3 Å². The molecule has 0 aliphatic rings. The quantitative estimate of drug-likeness (QED) is 0.726. The normalized spacial score (nSPS) is 11.5. The second-order valence-electron chi connectivity index (χ2n) is 6.80. The molecule has 5 heteroatoms. The molecule has 0 spiro atoms. The predicted octanol–water partition coefficient (Wildman–Crippen LogP) is 4.33. The van der Waals surface area contributed by atoms with Gasteiger partial charge in [-0.2, -0.15) is 5.10 Å². The zero-order chi connectivity index (χ0) is 17.3. The highest BCUT2D eigenvalue weighted by atomic mass is 16.5. The molecule has 0 unspecified atom stereocenters. The average molecular weight is 322 g/mol. The topological polar surface area (TPSA) is 52.0 Å². The van der Waals surface area contributed by atoms with Crippen LogP contribution in [-0.4, -0.2) is 20.4 Å². The lowest BCUT2D eigenvalue weighted by atomic mass is 10.1. The lowest BCUT2D eigenvalue weighted by Crippen LogP contribution is -2.21. The van der Waals surface area contributed by atoms with Crippen molar-refractivity contribution in [2.24, 2.45) is 7.05 Å². The van der Waals surface area contributed by atoms with Gasteiger partial charge in [0.1, 0.15) is 11.4 Å². The van der Waals surface area contributed by atoms with Crippen LogP contribution in [0.4, 0.5) is 5.82 Å². The van der Waals surface area contributed by atoms with Crippen LogP contribution in [0.3, 0.4) is 0 Å². The van der Waals surface area contributed by atoms with Crippen molar-refractivity contribution < 1.29 is 4.74 Å². The number of ether oxygens (including phenoxy) is 1. The van der Waals surface area contributed by atoms with Gasteiger partial charge in [0, 0.05) is 30.4 Å². The number of aryl methyl sites for hydroxylation is 1. The molecule has 0 fully saturated rings. The Morgan fingerprint density at radius 1 is 1.12 bits per heavy atom. The molecule has 0 atom stereocenters. The predicted molar refractivity (Wildman–Crippen MR) is 97.5 cm³/mol. The van der Waals surface area contributed by atoms with E-state index in [1.54, 1.807) is 4.68 Å². The van der Waals surface area contributed by atoms with Gasteiger partial charge in [-0.25, -0.2) is 4.98 Å². The van der Waals surface area contributed by atoms with Gasteiger partial charge >= 0.3 is 0 Å². The van der Waals surface area contributed by atoms with Crippen molar-refractivity contribution in [2.75, 3.05) is 5.32 Å². The smallest absolute Gasteiger partial charge is 0.185 e. The molecule has 0 saturated carbocycles. The standard InChI is InChI=1S/C19H22N4O/c1-13(24-19(2,3)4)22-18-9-16-8-14(6-7-15(16)10-20-18)17-11-21-23(5)12-17/h6-12H,1H2,2-5H3,(H,20,22). The maximum atomic E-state index is 5.69. The van der Waals surface area contributed by atoms with Crippen LogP contribution < -0.4 is 5.32 Å². The van der Waals surface area contributed by atoms with E-state index in [1.165, 1.54) is 0 Å². The molecule has 1 N–H and O–H groups in total. The van der Waals surface area contributed by atoms with Gasteiger partial charge in [-0.15, -0.1) is 0 Å². The number of nitrogens with zero attached hydrogens (tertiary/aromatic N) is 3. The third-order valence-corrected chi connectivity index (χ3v) is 3.46. The molecule has 0 saturated heterocycles. The zero-order valence-electron chi connectivity index (χ0n) is 14.5. The van der Waals surface area contributed by atoms with E-state index < -0.39 is 0 Å². The number of fused-ring (bicyclic) bond motifs is 1. The molecule has 24 heavy (non-hydrogen) atoms. The number of nitrogens with one attached hydrogen (secondary N) is 1. The molecule has 3 aromatic rings. The lowest BCUT2D eigenvalue weighted by molar-refractivity contribution is 0.0564. The van der Waals surface area contributed by atoms with E-state index in [0.29, 0.717) is 11.7 Å². The van der Waals surface area contributed by atoms with Gasteiger partial charge in [0.25, 0.3) is 0 Å². The largest absolute Gasteiger partial charge is 0.474 e. The number of pyridine rings is 1. The Bertz CT molecular complexity index is 890. The number of anilines is 1. The second-order valence-corrected chi connectivity index (χ2v) is 6.80. The summed E-state index contributed by atoms with van der Waals surface area (Å²) in [5.41, 5.74) is 1.91. The Hall–Kier alpha value is -2.82. The van der Waals surface area contributed by atoms with Crippen molar-refractivity contribution >= 4 is 16.6 Å². The zero-order valence-corrected chi connectivity index (χ0v) is 14.5. The minimum absolute atomic E-state index is 0.297. The summed E-state index contributed by atoms with van der Waals surface area (Å²) in [4.78, 5) is 4.41. The highest BCUT2D eigenvalue weighted by Gasteiger charge is 2.13. The molecule has 2 heterocycles. The lowest BCUT2D eigenvalue weighted by Gasteiger charge is -2.23. The monoisotopic (exact) mass is 322 g/mol. The fraction of sp³-hybridized carbons (Fsp3) is 0.263. The molecule has 0 amide bonds. The first-order valence-corrected chi connectivity index (χ1v) is 7.84. The van der Waals surface area contributed by atoms with E-state index in [-0.39, 0.29) is 5.60 Å². The summed E-state index contributed by atoms with van der Waals surface area (Å²) in [6, 6.07) is 8.27. The fourth-order valence-electron chi connectivity index (χ4n) is 2.50. The van der Waals surface area contributed by atoms with Crippen LogP contribution in [-0.2, 0) is 11.8 Å². The molecule has 0 bridgehead atoms. The van der Waals surface area contributed by atoms with Crippen LogP contribution in [0.1, 0.15) is 20.8 Å². The molecule has 0 radical (unpaired) electrons. The first-order chi connectivity index (χ1) is 11.3. The summed E-state index contributed by atoms with van der Waals surface area (Å²) < 4.78 is 7.49. The number of hydrogen-bond donors (Lipinski definition) is 1. The van der Waals surface area contributed by atoms with Gasteiger partial charge in [0.05, 0.1) is 6.20 Å². The molecule has 5 nitrogen and oxygen atoms in total. The highest BCUT2D eigenvalue weighted by molar-refractivity contribution is 5.88. The molecule has 124 valence electrons. The second kappa shape index (κ2) is 6.00. The summed E-state index contributed by atoms with van der Waals surface area (Å²) in [5.74, 6) is 1.19. The van der Waals surface area contributed by atoms with E-state index in [2.05, 4.69) is 40.2 Å².